The summed E-state index contributed by atoms with van der Waals surface area (Å²) < 4.78 is 5.95. The fourth-order valence-corrected chi connectivity index (χ4v) is 4.32. The maximum absolute atomic E-state index is 13.6. The molecule has 3 aromatic rings. The molecule has 1 atom stereocenters. The topological polar surface area (TPSA) is 29.5 Å². The summed E-state index contributed by atoms with van der Waals surface area (Å²) in [6, 6.07) is 26.5. The van der Waals surface area contributed by atoms with E-state index in [9.17, 15) is 4.79 Å². The van der Waals surface area contributed by atoms with Crippen molar-refractivity contribution in [3.8, 4) is 5.75 Å². The molecule has 1 unspecified atom stereocenters. The SMILES string of the molecule is CCN(CC)CCOc1ccc(C(=O)C(C)C(c2ccccc2)c2ccccc2)c(C)c1. The van der Waals surface area contributed by atoms with Crippen LogP contribution in [0.1, 0.15) is 53.7 Å². The lowest BCUT2D eigenvalue weighted by molar-refractivity contribution is 0.0918. The van der Waals surface area contributed by atoms with Crippen LogP contribution in [0.2, 0.25) is 0 Å². The third-order valence-electron chi connectivity index (χ3n) is 6.26. The predicted molar refractivity (Wildman–Crippen MR) is 133 cm³/mol. The van der Waals surface area contributed by atoms with Crippen LogP contribution in [0, 0.1) is 12.8 Å². The number of likely N-dealkylation sites (N-methyl/N-ethyl adjacent to an activating group) is 1. The van der Waals surface area contributed by atoms with E-state index in [1.54, 1.807) is 0 Å². The number of carbonyl (C=O) groups is 1. The molecule has 3 nitrogen and oxygen atoms in total. The predicted octanol–water partition coefficient (Wildman–Crippen LogP) is 6.37. The number of rotatable bonds is 11. The van der Waals surface area contributed by atoms with E-state index in [-0.39, 0.29) is 17.6 Å². The van der Waals surface area contributed by atoms with Crippen LogP contribution in [0.15, 0.2) is 78.9 Å². The first-order valence-corrected chi connectivity index (χ1v) is 11.6. The van der Waals surface area contributed by atoms with E-state index >= 15 is 0 Å². The van der Waals surface area contributed by atoms with Gasteiger partial charge in [-0.05, 0) is 54.9 Å². The Hall–Kier alpha value is -2.91. The maximum atomic E-state index is 13.6. The van der Waals surface area contributed by atoms with E-state index in [0.717, 1.165) is 47.6 Å². The van der Waals surface area contributed by atoms with Gasteiger partial charge < -0.3 is 9.64 Å². The molecule has 0 saturated carbocycles. The molecular formula is C29H35NO2. The van der Waals surface area contributed by atoms with Crippen LogP contribution in [0.4, 0.5) is 0 Å². The van der Waals surface area contributed by atoms with Gasteiger partial charge in [-0.15, -0.1) is 0 Å². The van der Waals surface area contributed by atoms with Crippen LogP contribution in [-0.2, 0) is 0 Å². The summed E-state index contributed by atoms with van der Waals surface area (Å²) in [5, 5.41) is 0. The van der Waals surface area contributed by atoms with Gasteiger partial charge in [0.15, 0.2) is 5.78 Å². The molecular weight excluding hydrogens is 394 g/mol. The van der Waals surface area contributed by atoms with E-state index in [1.807, 2.05) is 68.4 Å². The van der Waals surface area contributed by atoms with Gasteiger partial charge in [0.05, 0.1) is 0 Å². The van der Waals surface area contributed by atoms with Crippen molar-refractivity contribution in [3.63, 3.8) is 0 Å². The quantitative estimate of drug-likeness (QED) is 0.332. The van der Waals surface area contributed by atoms with Gasteiger partial charge in [-0.1, -0.05) is 81.4 Å². The van der Waals surface area contributed by atoms with Crippen molar-refractivity contribution in [1.82, 2.24) is 4.90 Å². The molecule has 0 radical (unpaired) electrons. The van der Waals surface area contributed by atoms with E-state index in [1.165, 1.54) is 0 Å². The van der Waals surface area contributed by atoms with Gasteiger partial charge in [-0.2, -0.15) is 0 Å². The molecule has 0 aliphatic heterocycles. The molecule has 32 heavy (non-hydrogen) atoms. The smallest absolute Gasteiger partial charge is 0.166 e. The first kappa shape index (κ1) is 23.7. The van der Waals surface area contributed by atoms with Gasteiger partial charge >= 0.3 is 0 Å². The number of Topliss-reactive ketones (excluding diaryl/α,β-unsaturated/α-hetero) is 1. The monoisotopic (exact) mass is 429 g/mol. The van der Waals surface area contributed by atoms with E-state index in [4.69, 9.17) is 4.74 Å². The Balaban J connectivity index is 1.79. The first-order chi connectivity index (χ1) is 15.5. The molecule has 3 aromatic carbocycles. The normalized spacial score (nSPS) is 12.2. The minimum absolute atomic E-state index is 0.00861. The summed E-state index contributed by atoms with van der Waals surface area (Å²) in [7, 11) is 0. The molecule has 3 rings (SSSR count). The highest BCUT2D eigenvalue weighted by molar-refractivity contribution is 6.00. The highest BCUT2D eigenvalue weighted by atomic mass is 16.5. The van der Waals surface area contributed by atoms with Crippen molar-refractivity contribution in [2.45, 2.75) is 33.6 Å². The van der Waals surface area contributed by atoms with Gasteiger partial charge in [0.25, 0.3) is 0 Å². The Bertz CT molecular complexity index is 941. The average molecular weight is 430 g/mol. The Morgan fingerprint density at radius 2 is 1.44 bits per heavy atom. The average Bonchev–Trinajstić information content (AvgIpc) is 2.83. The number of ketones is 1. The van der Waals surface area contributed by atoms with Crippen molar-refractivity contribution in [2.24, 2.45) is 5.92 Å². The van der Waals surface area contributed by atoms with Crippen molar-refractivity contribution < 1.29 is 9.53 Å². The van der Waals surface area contributed by atoms with Crippen LogP contribution >= 0.6 is 0 Å². The zero-order valence-corrected chi connectivity index (χ0v) is 19.8. The molecule has 0 spiro atoms. The lowest BCUT2D eigenvalue weighted by Gasteiger charge is -2.25. The summed E-state index contributed by atoms with van der Waals surface area (Å²) in [5.41, 5.74) is 4.05. The molecule has 0 aromatic heterocycles. The highest BCUT2D eigenvalue weighted by Crippen LogP contribution is 2.34. The number of hydrogen-bond acceptors (Lipinski definition) is 3. The van der Waals surface area contributed by atoms with Crippen molar-refractivity contribution in [2.75, 3.05) is 26.2 Å². The van der Waals surface area contributed by atoms with Gasteiger partial charge in [0.1, 0.15) is 12.4 Å². The fraction of sp³-hybridized carbons (Fsp3) is 0.345. The van der Waals surface area contributed by atoms with Crippen molar-refractivity contribution in [1.29, 1.82) is 0 Å². The summed E-state index contributed by atoms with van der Waals surface area (Å²) in [6.45, 7) is 12.0. The fourth-order valence-electron chi connectivity index (χ4n) is 4.32. The number of benzene rings is 3. The van der Waals surface area contributed by atoms with Gasteiger partial charge in [-0.25, -0.2) is 0 Å². The van der Waals surface area contributed by atoms with Gasteiger partial charge in [0, 0.05) is 23.9 Å². The second kappa shape index (κ2) is 11.6. The van der Waals surface area contributed by atoms with Gasteiger partial charge in [-0.3, -0.25) is 4.79 Å². The molecule has 0 amide bonds. The lowest BCUT2D eigenvalue weighted by Crippen LogP contribution is -2.27. The lowest BCUT2D eigenvalue weighted by atomic mass is 9.77. The second-order valence-electron chi connectivity index (χ2n) is 8.30. The van der Waals surface area contributed by atoms with E-state index < -0.39 is 0 Å². The first-order valence-electron chi connectivity index (χ1n) is 11.6. The van der Waals surface area contributed by atoms with Crippen LogP contribution < -0.4 is 4.74 Å². The minimum Gasteiger partial charge on any atom is -0.492 e. The number of aryl methyl sites for hydroxylation is 1. The summed E-state index contributed by atoms with van der Waals surface area (Å²) >= 11 is 0. The Labute approximate surface area is 193 Å². The summed E-state index contributed by atoms with van der Waals surface area (Å²) in [4.78, 5) is 15.9. The number of nitrogens with zero attached hydrogens (tertiary/aromatic N) is 1. The standard InChI is InChI=1S/C29H35NO2/c1-5-30(6-2)19-20-32-26-17-18-27(22(3)21-26)29(31)23(4)28(24-13-9-7-10-14-24)25-15-11-8-12-16-25/h7-18,21,23,28H,5-6,19-20H2,1-4H3. The number of hydrogen-bond donors (Lipinski definition) is 0. The van der Waals surface area contributed by atoms with Crippen LogP contribution in [0.3, 0.4) is 0 Å². The molecule has 0 bridgehead atoms. The largest absolute Gasteiger partial charge is 0.492 e. The van der Waals surface area contributed by atoms with Crippen LogP contribution in [0.5, 0.6) is 5.75 Å². The van der Waals surface area contributed by atoms with Crippen molar-refractivity contribution >= 4 is 5.78 Å². The number of ether oxygens (including phenoxy) is 1. The molecule has 168 valence electrons. The summed E-state index contributed by atoms with van der Waals surface area (Å²) in [6.07, 6.45) is 0. The molecule has 0 saturated heterocycles. The van der Waals surface area contributed by atoms with Crippen LogP contribution in [0.25, 0.3) is 0 Å². The maximum Gasteiger partial charge on any atom is 0.166 e. The van der Waals surface area contributed by atoms with Crippen LogP contribution in [-0.4, -0.2) is 36.9 Å². The van der Waals surface area contributed by atoms with Crippen molar-refractivity contribution in [3.05, 3.63) is 101 Å². The molecule has 0 N–H and O–H groups in total. The minimum atomic E-state index is -0.187. The Morgan fingerprint density at radius 3 is 1.94 bits per heavy atom. The third kappa shape index (κ3) is 5.86. The number of carbonyl (C=O) groups excluding carboxylic acids is 1. The molecule has 0 heterocycles. The Morgan fingerprint density at radius 1 is 0.875 bits per heavy atom. The molecule has 0 fully saturated rings. The Kier molecular flexibility index (Phi) is 8.64. The molecule has 3 heteroatoms. The second-order valence-corrected chi connectivity index (χ2v) is 8.30. The van der Waals surface area contributed by atoms with E-state index in [0.29, 0.717) is 6.61 Å². The van der Waals surface area contributed by atoms with Gasteiger partial charge in [0.2, 0.25) is 0 Å². The summed E-state index contributed by atoms with van der Waals surface area (Å²) in [5.74, 6) is 0.804. The highest BCUT2D eigenvalue weighted by Gasteiger charge is 2.28. The third-order valence-corrected chi connectivity index (χ3v) is 6.26. The zero-order valence-electron chi connectivity index (χ0n) is 19.8. The van der Waals surface area contributed by atoms with E-state index in [2.05, 4.69) is 43.0 Å². The zero-order chi connectivity index (χ0) is 22.9. The molecule has 0 aliphatic carbocycles. The molecule has 0 aliphatic rings.